The van der Waals surface area contributed by atoms with E-state index in [1.54, 1.807) is 36.7 Å². The Labute approximate surface area is 143 Å². The van der Waals surface area contributed by atoms with E-state index in [9.17, 15) is 4.79 Å². The standard InChI is InChI=1S/C16H15ClN6O/c1-2-23-14(11-4-3-5-12(17)10-11)19-15(20-16(23)24)22-21-13-6-8-18-9-7-13/h3-10H,2H2,1H3,(H,18,21)(H,20,22,24). The quantitative estimate of drug-likeness (QED) is 0.693. The zero-order valence-corrected chi connectivity index (χ0v) is 13.7. The lowest BCUT2D eigenvalue weighted by molar-refractivity contribution is 0.688. The number of halogens is 1. The summed E-state index contributed by atoms with van der Waals surface area (Å²) in [7, 11) is 0. The summed E-state index contributed by atoms with van der Waals surface area (Å²) >= 11 is 6.05. The topological polar surface area (TPSA) is 84.7 Å². The maximum Gasteiger partial charge on any atom is 0.352 e. The molecule has 3 rings (SSSR count). The van der Waals surface area contributed by atoms with E-state index in [2.05, 4.69) is 25.8 Å². The van der Waals surface area contributed by atoms with Crippen LogP contribution in [0, 0.1) is 0 Å². The second-order valence-electron chi connectivity index (χ2n) is 4.89. The minimum atomic E-state index is -0.387. The van der Waals surface area contributed by atoms with Gasteiger partial charge in [0.2, 0.25) is 5.95 Å². The second-order valence-corrected chi connectivity index (χ2v) is 5.33. The van der Waals surface area contributed by atoms with Gasteiger partial charge in [-0.3, -0.25) is 20.4 Å². The van der Waals surface area contributed by atoms with E-state index in [0.717, 1.165) is 11.3 Å². The summed E-state index contributed by atoms with van der Waals surface area (Å²) in [6.45, 7) is 2.32. The van der Waals surface area contributed by atoms with Crippen LogP contribution < -0.4 is 16.5 Å². The Kier molecular flexibility index (Phi) is 4.72. The van der Waals surface area contributed by atoms with Crippen LogP contribution in [-0.2, 0) is 6.54 Å². The smallest absolute Gasteiger partial charge is 0.298 e. The van der Waals surface area contributed by atoms with Crippen LogP contribution in [-0.4, -0.2) is 19.5 Å². The van der Waals surface area contributed by atoms with E-state index in [1.165, 1.54) is 4.57 Å². The van der Waals surface area contributed by atoms with Crippen LogP contribution in [0.3, 0.4) is 0 Å². The third-order valence-electron chi connectivity index (χ3n) is 3.30. The van der Waals surface area contributed by atoms with Gasteiger partial charge < -0.3 is 0 Å². The molecule has 8 heteroatoms. The van der Waals surface area contributed by atoms with Crippen LogP contribution in [0.2, 0.25) is 5.02 Å². The predicted molar refractivity (Wildman–Crippen MR) is 93.9 cm³/mol. The van der Waals surface area contributed by atoms with Crippen molar-refractivity contribution in [3.8, 4) is 11.4 Å². The fourth-order valence-electron chi connectivity index (χ4n) is 2.18. The first kappa shape index (κ1) is 15.9. The van der Waals surface area contributed by atoms with E-state index >= 15 is 0 Å². The lowest BCUT2D eigenvalue weighted by atomic mass is 10.2. The molecule has 0 saturated carbocycles. The number of pyridine rings is 1. The van der Waals surface area contributed by atoms with Gasteiger partial charge in [0.25, 0.3) is 0 Å². The molecule has 2 aromatic heterocycles. The summed E-state index contributed by atoms with van der Waals surface area (Å²) < 4.78 is 1.49. The fourth-order valence-corrected chi connectivity index (χ4v) is 2.37. The zero-order valence-electron chi connectivity index (χ0n) is 12.9. The van der Waals surface area contributed by atoms with E-state index in [1.807, 2.05) is 19.1 Å². The molecule has 0 fully saturated rings. The largest absolute Gasteiger partial charge is 0.352 e. The minimum Gasteiger partial charge on any atom is -0.298 e. The lowest BCUT2D eigenvalue weighted by Crippen LogP contribution is -2.27. The summed E-state index contributed by atoms with van der Waals surface area (Å²) in [5, 5.41) is 0.575. The molecule has 0 aliphatic heterocycles. The normalized spacial score (nSPS) is 10.4. The molecule has 1 aromatic carbocycles. The Morgan fingerprint density at radius 3 is 2.62 bits per heavy atom. The van der Waals surface area contributed by atoms with E-state index in [4.69, 9.17) is 11.6 Å². The first-order chi connectivity index (χ1) is 11.7. The number of hydrogen-bond donors (Lipinski definition) is 2. The monoisotopic (exact) mass is 342 g/mol. The summed E-state index contributed by atoms with van der Waals surface area (Å²) in [6, 6.07) is 10.7. The number of aromatic nitrogens is 4. The summed E-state index contributed by atoms with van der Waals surface area (Å²) in [4.78, 5) is 24.6. The molecule has 24 heavy (non-hydrogen) atoms. The van der Waals surface area contributed by atoms with E-state index < -0.39 is 0 Å². The van der Waals surface area contributed by atoms with Gasteiger partial charge in [-0.25, -0.2) is 4.79 Å². The summed E-state index contributed by atoms with van der Waals surface area (Å²) in [5.74, 6) is 0.676. The van der Waals surface area contributed by atoms with Crippen molar-refractivity contribution in [1.29, 1.82) is 0 Å². The Balaban J connectivity index is 1.96. The Bertz CT molecular complexity index is 897. The van der Waals surface area contributed by atoms with Gasteiger partial charge in [-0.05, 0) is 31.2 Å². The Morgan fingerprint density at radius 2 is 1.92 bits per heavy atom. The van der Waals surface area contributed by atoms with Crippen molar-refractivity contribution in [2.75, 3.05) is 10.9 Å². The molecule has 0 aliphatic rings. The van der Waals surface area contributed by atoms with Gasteiger partial charge in [0, 0.05) is 29.5 Å². The average molecular weight is 343 g/mol. The van der Waals surface area contributed by atoms with Crippen LogP contribution >= 0.6 is 11.6 Å². The highest BCUT2D eigenvalue weighted by atomic mass is 35.5. The van der Waals surface area contributed by atoms with E-state index in [0.29, 0.717) is 17.4 Å². The highest BCUT2D eigenvalue weighted by molar-refractivity contribution is 6.30. The first-order valence-electron chi connectivity index (χ1n) is 7.34. The molecule has 0 bridgehead atoms. The van der Waals surface area contributed by atoms with Crippen molar-refractivity contribution in [2.24, 2.45) is 0 Å². The van der Waals surface area contributed by atoms with Gasteiger partial charge in [-0.1, -0.05) is 23.7 Å². The molecule has 0 amide bonds. The van der Waals surface area contributed by atoms with Crippen LogP contribution in [0.4, 0.5) is 11.6 Å². The minimum absolute atomic E-state index is 0.177. The van der Waals surface area contributed by atoms with Crippen LogP contribution in [0.25, 0.3) is 11.4 Å². The van der Waals surface area contributed by atoms with Gasteiger partial charge >= 0.3 is 5.69 Å². The molecule has 3 aromatic rings. The molecule has 7 nitrogen and oxygen atoms in total. The number of nitrogens with zero attached hydrogens (tertiary/aromatic N) is 4. The molecule has 0 radical (unpaired) electrons. The number of hydrogen-bond acceptors (Lipinski definition) is 6. The first-order valence-corrected chi connectivity index (χ1v) is 7.72. The molecular formula is C16H15ClN6O. The third-order valence-corrected chi connectivity index (χ3v) is 3.53. The lowest BCUT2D eigenvalue weighted by Gasteiger charge is -2.13. The van der Waals surface area contributed by atoms with E-state index in [-0.39, 0.29) is 11.6 Å². The van der Waals surface area contributed by atoms with Gasteiger partial charge in [-0.2, -0.15) is 9.97 Å². The van der Waals surface area contributed by atoms with Gasteiger partial charge in [0.1, 0.15) is 5.82 Å². The molecule has 0 saturated heterocycles. The number of nitrogens with one attached hydrogen (secondary N) is 2. The SMILES string of the molecule is CCn1c(-c2cccc(Cl)c2)nc(NNc2ccncc2)nc1=O. The van der Waals surface area contributed by atoms with Crippen LogP contribution in [0.1, 0.15) is 6.92 Å². The van der Waals surface area contributed by atoms with Crippen molar-refractivity contribution in [1.82, 2.24) is 19.5 Å². The third kappa shape index (κ3) is 3.52. The van der Waals surface area contributed by atoms with Crippen molar-refractivity contribution in [3.05, 3.63) is 64.3 Å². The van der Waals surface area contributed by atoms with Gasteiger partial charge in [-0.15, -0.1) is 0 Å². The molecule has 2 heterocycles. The maximum atomic E-state index is 12.3. The number of rotatable bonds is 5. The molecule has 122 valence electrons. The summed E-state index contributed by atoms with van der Waals surface area (Å²) in [6.07, 6.45) is 3.30. The van der Waals surface area contributed by atoms with Gasteiger partial charge in [0.15, 0.2) is 0 Å². The zero-order chi connectivity index (χ0) is 16.9. The van der Waals surface area contributed by atoms with Crippen LogP contribution in [0.5, 0.6) is 0 Å². The maximum absolute atomic E-state index is 12.3. The van der Waals surface area contributed by atoms with Crippen LogP contribution in [0.15, 0.2) is 53.6 Å². The highest BCUT2D eigenvalue weighted by Gasteiger charge is 2.11. The van der Waals surface area contributed by atoms with Crippen molar-refractivity contribution in [2.45, 2.75) is 13.5 Å². The second kappa shape index (κ2) is 7.10. The molecule has 0 aliphatic carbocycles. The van der Waals surface area contributed by atoms with Crippen molar-refractivity contribution < 1.29 is 0 Å². The number of hydrazine groups is 1. The van der Waals surface area contributed by atoms with Crippen molar-refractivity contribution >= 4 is 23.2 Å². The molecule has 2 N–H and O–H groups in total. The number of anilines is 2. The summed E-state index contributed by atoms with van der Waals surface area (Å²) in [5.41, 5.74) is 6.89. The predicted octanol–water partition coefficient (Wildman–Crippen LogP) is 2.81. The van der Waals surface area contributed by atoms with Gasteiger partial charge in [0.05, 0.1) is 5.69 Å². The molecule has 0 unspecified atom stereocenters. The highest BCUT2D eigenvalue weighted by Crippen LogP contribution is 2.20. The Morgan fingerprint density at radius 1 is 1.12 bits per heavy atom. The average Bonchev–Trinajstić information content (AvgIpc) is 2.60. The number of benzene rings is 1. The van der Waals surface area contributed by atoms with Crippen molar-refractivity contribution in [3.63, 3.8) is 0 Å². The molecular weight excluding hydrogens is 328 g/mol. The Hall–Kier alpha value is -2.93. The molecule has 0 spiro atoms. The fraction of sp³-hybridized carbons (Fsp3) is 0.125. The molecule has 0 atom stereocenters.